The molecule has 0 aliphatic carbocycles. The molecular weight excluding hydrogens is 320 g/mol. The molecule has 1 aromatic heterocycles. The quantitative estimate of drug-likeness (QED) is 0.793. The largest absolute Gasteiger partial charge is 0.463 e. The van der Waals surface area contributed by atoms with Gasteiger partial charge in [0.05, 0.1) is 12.3 Å². The molecule has 0 fully saturated rings. The Kier molecular flexibility index (Phi) is 3.44. The lowest BCUT2D eigenvalue weighted by atomic mass is 10.1. The zero-order chi connectivity index (χ0) is 14.1. The van der Waals surface area contributed by atoms with Crippen molar-refractivity contribution in [1.29, 1.82) is 0 Å². The van der Waals surface area contributed by atoms with Gasteiger partial charge in [0.2, 0.25) is 0 Å². The van der Waals surface area contributed by atoms with Gasteiger partial charge in [-0.3, -0.25) is 0 Å². The fraction of sp³-hybridized carbons (Fsp3) is 0.200. The Bertz CT molecular complexity index is 704. The van der Waals surface area contributed by atoms with E-state index in [1.165, 1.54) is 0 Å². The van der Waals surface area contributed by atoms with Gasteiger partial charge in [-0.2, -0.15) is 0 Å². The van der Waals surface area contributed by atoms with Crippen LogP contribution in [0.4, 0.5) is 0 Å². The molecule has 0 spiro atoms. The van der Waals surface area contributed by atoms with Crippen LogP contribution < -0.4 is 0 Å². The first-order valence-electron chi connectivity index (χ1n) is 6.39. The lowest BCUT2D eigenvalue weighted by Crippen LogP contribution is -2.10. The summed E-state index contributed by atoms with van der Waals surface area (Å²) in [6.07, 6.45) is 6.00. The number of nitrogens with zero attached hydrogens (tertiary/aromatic N) is 2. The highest BCUT2D eigenvalue weighted by atomic mass is 79.9. The summed E-state index contributed by atoms with van der Waals surface area (Å²) in [5.74, 6) is 0.556. The van der Waals surface area contributed by atoms with E-state index in [0.29, 0.717) is 18.6 Å². The Morgan fingerprint density at radius 3 is 3.15 bits per heavy atom. The maximum Gasteiger partial charge on any atom is 0.334 e. The molecule has 2 heterocycles. The molecule has 0 saturated heterocycles. The molecule has 5 heteroatoms. The Morgan fingerprint density at radius 2 is 2.35 bits per heavy atom. The summed E-state index contributed by atoms with van der Waals surface area (Å²) in [6.45, 7) is 2.18. The van der Waals surface area contributed by atoms with E-state index >= 15 is 0 Å². The van der Waals surface area contributed by atoms with Crippen LogP contribution in [0.3, 0.4) is 0 Å². The highest BCUT2D eigenvalue weighted by Crippen LogP contribution is 2.28. The van der Waals surface area contributed by atoms with Crippen LogP contribution >= 0.6 is 15.9 Å². The van der Waals surface area contributed by atoms with Crippen molar-refractivity contribution in [2.75, 3.05) is 6.61 Å². The van der Waals surface area contributed by atoms with Crippen LogP contribution in [0.5, 0.6) is 0 Å². The number of halogens is 1. The van der Waals surface area contributed by atoms with Gasteiger partial charge in [0.1, 0.15) is 5.82 Å². The molecule has 3 rings (SSSR count). The third-order valence-corrected chi connectivity index (χ3v) is 3.68. The number of ether oxygens (including phenoxy) is 1. The minimum atomic E-state index is -0.283. The van der Waals surface area contributed by atoms with Gasteiger partial charge < -0.3 is 9.30 Å². The highest BCUT2D eigenvalue weighted by Gasteiger charge is 2.20. The highest BCUT2D eigenvalue weighted by molar-refractivity contribution is 9.10. The topological polar surface area (TPSA) is 44.1 Å². The zero-order valence-corrected chi connectivity index (χ0v) is 12.6. The molecule has 102 valence electrons. The van der Waals surface area contributed by atoms with E-state index in [-0.39, 0.29) is 5.97 Å². The maximum absolute atomic E-state index is 12.0. The fourth-order valence-corrected chi connectivity index (χ4v) is 2.69. The lowest BCUT2D eigenvalue weighted by Gasteiger charge is -2.08. The smallest absolute Gasteiger partial charge is 0.334 e. The number of esters is 1. The van der Waals surface area contributed by atoms with E-state index in [9.17, 15) is 4.79 Å². The number of hydrogen-bond donors (Lipinski definition) is 0. The van der Waals surface area contributed by atoms with Crippen LogP contribution in [0.15, 0.2) is 40.6 Å². The molecule has 1 aromatic carbocycles. The summed E-state index contributed by atoms with van der Waals surface area (Å²) in [4.78, 5) is 16.4. The standard InChI is InChI=1S/C15H13BrN2O2/c1-2-20-15(19)11-7-10-8-12(16)3-4-13(10)18-6-5-17-14(18)9-11/h3-8H,2,9H2,1H3. The van der Waals surface area contributed by atoms with Gasteiger partial charge in [0.25, 0.3) is 0 Å². The first-order valence-corrected chi connectivity index (χ1v) is 7.18. The first kappa shape index (κ1) is 13.1. The molecule has 1 aliphatic heterocycles. The number of benzene rings is 1. The van der Waals surface area contributed by atoms with Crippen molar-refractivity contribution in [2.45, 2.75) is 13.3 Å². The van der Waals surface area contributed by atoms with Gasteiger partial charge in [-0.25, -0.2) is 9.78 Å². The van der Waals surface area contributed by atoms with Crippen molar-refractivity contribution >= 4 is 28.0 Å². The monoisotopic (exact) mass is 332 g/mol. The molecule has 20 heavy (non-hydrogen) atoms. The van der Waals surface area contributed by atoms with Crippen LogP contribution in [-0.4, -0.2) is 22.1 Å². The minimum Gasteiger partial charge on any atom is -0.463 e. The molecule has 4 nitrogen and oxygen atoms in total. The first-order chi connectivity index (χ1) is 9.69. The van der Waals surface area contributed by atoms with Crippen LogP contribution in [0.2, 0.25) is 0 Å². The van der Waals surface area contributed by atoms with Gasteiger partial charge >= 0.3 is 5.97 Å². The summed E-state index contributed by atoms with van der Waals surface area (Å²) in [5, 5.41) is 0. The summed E-state index contributed by atoms with van der Waals surface area (Å²) < 4.78 is 8.09. The number of carbonyl (C=O) groups is 1. The maximum atomic E-state index is 12.0. The molecule has 0 bridgehead atoms. The predicted octanol–water partition coefficient (Wildman–Crippen LogP) is 3.14. The third kappa shape index (κ3) is 2.29. The van der Waals surface area contributed by atoms with E-state index in [4.69, 9.17) is 4.74 Å². The molecule has 0 N–H and O–H groups in total. The van der Waals surface area contributed by atoms with Gasteiger partial charge in [-0.15, -0.1) is 0 Å². The number of hydrogen-bond acceptors (Lipinski definition) is 3. The van der Waals surface area contributed by atoms with Crippen molar-refractivity contribution in [3.8, 4) is 5.69 Å². The normalized spacial score (nSPS) is 13.0. The second kappa shape index (κ2) is 5.25. The van der Waals surface area contributed by atoms with Crippen molar-refractivity contribution in [2.24, 2.45) is 0 Å². The molecule has 1 aliphatic rings. The number of carbonyl (C=O) groups excluding carboxylic acids is 1. The van der Waals surface area contributed by atoms with Gasteiger partial charge in [0.15, 0.2) is 0 Å². The second-order valence-electron chi connectivity index (χ2n) is 4.48. The lowest BCUT2D eigenvalue weighted by molar-refractivity contribution is -0.138. The Morgan fingerprint density at radius 1 is 1.50 bits per heavy atom. The SMILES string of the molecule is CCOC(=O)C1=Cc2cc(Br)ccc2-n2ccnc2C1. The fourth-order valence-electron chi connectivity index (χ4n) is 2.31. The molecular formula is C15H13BrN2O2. The van der Waals surface area contributed by atoms with E-state index in [1.807, 2.05) is 35.0 Å². The second-order valence-corrected chi connectivity index (χ2v) is 5.40. The van der Waals surface area contributed by atoms with Crippen molar-refractivity contribution in [1.82, 2.24) is 9.55 Å². The number of imidazole rings is 1. The third-order valence-electron chi connectivity index (χ3n) is 3.18. The number of fused-ring (bicyclic) bond motifs is 3. The molecule has 0 radical (unpaired) electrons. The van der Waals surface area contributed by atoms with Crippen LogP contribution in [0.1, 0.15) is 18.3 Å². The predicted molar refractivity (Wildman–Crippen MR) is 79.6 cm³/mol. The number of rotatable bonds is 2. The molecule has 2 aromatic rings. The molecule has 0 atom stereocenters. The van der Waals surface area contributed by atoms with Crippen molar-refractivity contribution < 1.29 is 9.53 Å². The van der Waals surface area contributed by atoms with Crippen LogP contribution in [0.25, 0.3) is 11.8 Å². The Balaban J connectivity index is 2.16. The van der Waals surface area contributed by atoms with Gasteiger partial charge in [0, 0.05) is 34.4 Å². The van der Waals surface area contributed by atoms with Gasteiger partial charge in [-0.1, -0.05) is 15.9 Å². The summed E-state index contributed by atoms with van der Waals surface area (Å²) in [6, 6.07) is 5.98. The molecule has 0 amide bonds. The average molecular weight is 333 g/mol. The average Bonchev–Trinajstić information content (AvgIpc) is 2.81. The summed E-state index contributed by atoms with van der Waals surface area (Å²) in [5.41, 5.74) is 2.61. The summed E-state index contributed by atoms with van der Waals surface area (Å²) >= 11 is 3.46. The Labute approximate surface area is 125 Å². The van der Waals surface area contributed by atoms with Gasteiger partial charge in [-0.05, 0) is 31.2 Å². The van der Waals surface area contributed by atoms with E-state index in [0.717, 1.165) is 21.5 Å². The number of aromatic nitrogens is 2. The minimum absolute atomic E-state index is 0.283. The van der Waals surface area contributed by atoms with Crippen LogP contribution in [-0.2, 0) is 16.0 Å². The van der Waals surface area contributed by atoms with E-state index in [1.54, 1.807) is 13.1 Å². The summed E-state index contributed by atoms with van der Waals surface area (Å²) in [7, 11) is 0. The Hall–Kier alpha value is -1.88. The van der Waals surface area contributed by atoms with Crippen molar-refractivity contribution in [3.63, 3.8) is 0 Å². The van der Waals surface area contributed by atoms with Crippen molar-refractivity contribution in [3.05, 3.63) is 52.0 Å². The van der Waals surface area contributed by atoms with E-state index < -0.39 is 0 Å². The van der Waals surface area contributed by atoms with E-state index in [2.05, 4.69) is 20.9 Å². The molecule has 0 saturated carbocycles. The van der Waals surface area contributed by atoms with Crippen LogP contribution in [0, 0.1) is 0 Å². The zero-order valence-electron chi connectivity index (χ0n) is 11.0. The molecule has 0 unspecified atom stereocenters.